The zero-order chi connectivity index (χ0) is 11.0. The predicted octanol–water partition coefficient (Wildman–Crippen LogP) is 2.41. The lowest BCUT2D eigenvalue weighted by atomic mass is 10.0. The molecule has 4 heteroatoms. The number of rotatable bonds is 1. The Kier molecular flexibility index (Phi) is 2.19. The second kappa shape index (κ2) is 3.38. The molecule has 3 nitrogen and oxygen atoms in total. The van der Waals surface area contributed by atoms with Crippen molar-refractivity contribution in [2.24, 2.45) is 0 Å². The molecule has 0 fully saturated rings. The number of nitrogens with two attached hydrogens (primary N) is 1. The molecular formula is C11H12FN3. The van der Waals surface area contributed by atoms with Crippen molar-refractivity contribution in [1.29, 1.82) is 0 Å². The highest BCUT2D eigenvalue weighted by Crippen LogP contribution is 2.27. The number of hydrogen-bond acceptors (Lipinski definition) is 2. The van der Waals surface area contributed by atoms with E-state index in [1.165, 1.54) is 0 Å². The molecule has 1 aromatic heterocycles. The average Bonchev–Trinajstić information content (AvgIpc) is 2.53. The Labute approximate surface area is 87.1 Å². The maximum Gasteiger partial charge on any atom is 0.192 e. The van der Waals surface area contributed by atoms with Gasteiger partial charge >= 0.3 is 0 Å². The Morgan fingerprint density at radius 1 is 1.33 bits per heavy atom. The van der Waals surface area contributed by atoms with Crippen LogP contribution in [0.25, 0.3) is 11.3 Å². The molecule has 0 unspecified atom stereocenters. The topological polar surface area (TPSA) is 54.7 Å². The summed E-state index contributed by atoms with van der Waals surface area (Å²) < 4.78 is 13.5. The van der Waals surface area contributed by atoms with Crippen LogP contribution in [0.1, 0.15) is 11.1 Å². The lowest BCUT2D eigenvalue weighted by molar-refractivity contribution is 0.636. The smallest absolute Gasteiger partial charge is 0.192 e. The van der Waals surface area contributed by atoms with Gasteiger partial charge in [0, 0.05) is 5.56 Å². The van der Waals surface area contributed by atoms with Crippen molar-refractivity contribution >= 4 is 5.82 Å². The molecular weight excluding hydrogens is 193 g/mol. The van der Waals surface area contributed by atoms with Crippen molar-refractivity contribution in [3.8, 4) is 11.3 Å². The van der Waals surface area contributed by atoms with Crippen molar-refractivity contribution in [1.82, 2.24) is 10.2 Å². The van der Waals surface area contributed by atoms with E-state index in [0.29, 0.717) is 5.69 Å². The van der Waals surface area contributed by atoms with Crippen LogP contribution in [0.3, 0.4) is 0 Å². The molecule has 0 amide bonds. The van der Waals surface area contributed by atoms with E-state index in [0.717, 1.165) is 16.7 Å². The highest BCUT2D eigenvalue weighted by atomic mass is 19.1. The Hall–Kier alpha value is -1.84. The number of anilines is 1. The molecule has 0 saturated heterocycles. The van der Waals surface area contributed by atoms with Gasteiger partial charge in [0.2, 0.25) is 0 Å². The van der Waals surface area contributed by atoms with Crippen LogP contribution < -0.4 is 5.73 Å². The highest BCUT2D eigenvalue weighted by Gasteiger charge is 2.14. The SMILES string of the molecule is Cc1cccc(-c2[nH]nc(N)c2F)c1C. The monoisotopic (exact) mass is 205 g/mol. The molecule has 0 atom stereocenters. The van der Waals surface area contributed by atoms with E-state index in [1.54, 1.807) is 0 Å². The van der Waals surface area contributed by atoms with Gasteiger partial charge in [-0.15, -0.1) is 0 Å². The molecule has 2 aromatic rings. The van der Waals surface area contributed by atoms with Crippen molar-refractivity contribution in [2.45, 2.75) is 13.8 Å². The predicted molar refractivity (Wildman–Crippen MR) is 57.9 cm³/mol. The van der Waals surface area contributed by atoms with E-state index in [9.17, 15) is 4.39 Å². The first-order valence-electron chi connectivity index (χ1n) is 4.67. The standard InChI is InChI=1S/C11H12FN3/c1-6-4-3-5-8(7(6)2)10-9(12)11(13)15-14-10/h3-5H,1-2H3,(H3,13,14,15). The first-order chi connectivity index (χ1) is 7.11. The quantitative estimate of drug-likeness (QED) is 0.751. The van der Waals surface area contributed by atoms with E-state index >= 15 is 0 Å². The minimum absolute atomic E-state index is 0.0918. The average molecular weight is 205 g/mol. The second-order valence-corrected chi connectivity index (χ2v) is 3.55. The summed E-state index contributed by atoms with van der Waals surface area (Å²) in [5, 5.41) is 6.25. The zero-order valence-electron chi connectivity index (χ0n) is 8.63. The van der Waals surface area contributed by atoms with E-state index < -0.39 is 5.82 Å². The second-order valence-electron chi connectivity index (χ2n) is 3.55. The fourth-order valence-electron chi connectivity index (χ4n) is 1.54. The first kappa shape index (κ1) is 9.71. The number of aromatic amines is 1. The molecule has 0 radical (unpaired) electrons. The lowest BCUT2D eigenvalue weighted by Crippen LogP contribution is -1.90. The summed E-state index contributed by atoms with van der Waals surface area (Å²) in [4.78, 5) is 0. The number of nitrogen functional groups attached to an aromatic ring is 1. The molecule has 0 aliphatic heterocycles. The Morgan fingerprint density at radius 2 is 2.07 bits per heavy atom. The molecule has 1 aromatic carbocycles. The summed E-state index contributed by atoms with van der Waals surface area (Å²) in [6.07, 6.45) is 0. The van der Waals surface area contributed by atoms with Crippen LogP contribution in [0.5, 0.6) is 0 Å². The summed E-state index contributed by atoms with van der Waals surface area (Å²) in [6.45, 7) is 3.93. The largest absolute Gasteiger partial charge is 0.380 e. The van der Waals surface area contributed by atoms with Gasteiger partial charge in [0.25, 0.3) is 0 Å². The molecule has 78 valence electrons. The Bertz CT molecular complexity index is 503. The maximum absolute atomic E-state index is 13.5. The van der Waals surface area contributed by atoms with Crippen LogP contribution in [0.4, 0.5) is 10.2 Å². The molecule has 0 bridgehead atoms. The molecule has 0 aliphatic rings. The summed E-state index contributed by atoms with van der Waals surface area (Å²) in [5.41, 5.74) is 8.65. The van der Waals surface area contributed by atoms with Gasteiger partial charge in [-0.1, -0.05) is 18.2 Å². The minimum atomic E-state index is -0.483. The number of aromatic nitrogens is 2. The fourth-order valence-corrected chi connectivity index (χ4v) is 1.54. The van der Waals surface area contributed by atoms with Gasteiger partial charge in [0.15, 0.2) is 11.6 Å². The summed E-state index contributed by atoms with van der Waals surface area (Å²) in [5.74, 6) is -0.574. The number of nitrogens with one attached hydrogen (secondary N) is 1. The van der Waals surface area contributed by atoms with Crippen LogP contribution >= 0.6 is 0 Å². The minimum Gasteiger partial charge on any atom is -0.380 e. The van der Waals surface area contributed by atoms with Crippen LogP contribution in [-0.2, 0) is 0 Å². The first-order valence-corrected chi connectivity index (χ1v) is 4.67. The highest BCUT2D eigenvalue weighted by molar-refractivity contribution is 5.67. The molecule has 0 saturated carbocycles. The normalized spacial score (nSPS) is 10.6. The maximum atomic E-state index is 13.5. The zero-order valence-corrected chi connectivity index (χ0v) is 8.63. The molecule has 2 rings (SSSR count). The molecule has 0 spiro atoms. The number of hydrogen-bond donors (Lipinski definition) is 2. The number of benzene rings is 1. The third kappa shape index (κ3) is 1.48. The van der Waals surface area contributed by atoms with Gasteiger partial charge in [-0.05, 0) is 25.0 Å². The van der Waals surface area contributed by atoms with Crippen LogP contribution in [0.2, 0.25) is 0 Å². The van der Waals surface area contributed by atoms with Gasteiger partial charge in [-0.25, -0.2) is 4.39 Å². The lowest BCUT2D eigenvalue weighted by Gasteiger charge is -2.05. The van der Waals surface area contributed by atoms with Gasteiger partial charge in [-0.2, -0.15) is 5.10 Å². The van der Waals surface area contributed by atoms with Crippen LogP contribution in [0, 0.1) is 19.7 Å². The van der Waals surface area contributed by atoms with Crippen molar-refractivity contribution in [3.63, 3.8) is 0 Å². The number of halogens is 1. The van der Waals surface area contributed by atoms with Crippen molar-refractivity contribution in [2.75, 3.05) is 5.73 Å². The fraction of sp³-hybridized carbons (Fsp3) is 0.182. The molecule has 1 heterocycles. The van der Waals surface area contributed by atoms with Gasteiger partial charge in [-0.3, -0.25) is 5.10 Å². The van der Waals surface area contributed by atoms with Gasteiger partial charge < -0.3 is 5.73 Å². The van der Waals surface area contributed by atoms with Gasteiger partial charge in [0.05, 0.1) is 0 Å². The van der Waals surface area contributed by atoms with Crippen molar-refractivity contribution < 1.29 is 4.39 Å². The summed E-state index contributed by atoms with van der Waals surface area (Å²) >= 11 is 0. The summed E-state index contributed by atoms with van der Waals surface area (Å²) in [7, 11) is 0. The van der Waals surface area contributed by atoms with Crippen LogP contribution in [0.15, 0.2) is 18.2 Å². The van der Waals surface area contributed by atoms with Crippen LogP contribution in [-0.4, -0.2) is 10.2 Å². The third-order valence-corrected chi connectivity index (χ3v) is 2.61. The van der Waals surface area contributed by atoms with E-state index in [-0.39, 0.29) is 5.82 Å². The van der Waals surface area contributed by atoms with Gasteiger partial charge in [0.1, 0.15) is 5.69 Å². The summed E-state index contributed by atoms with van der Waals surface area (Å²) in [6, 6.07) is 5.71. The number of aryl methyl sites for hydroxylation is 1. The Balaban J connectivity index is 2.64. The number of H-pyrrole nitrogens is 1. The molecule has 3 N–H and O–H groups in total. The van der Waals surface area contributed by atoms with E-state index in [2.05, 4.69) is 10.2 Å². The molecule has 15 heavy (non-hydrogen) atoms. The number of nitrogens with zero attached hydrogens (tertiary/aromatic N) is 1. The Morgan fingerprint density at radius 3 is 2.67 bits per heavy atom. The third-order valence-electron chi connectivity index (χ3n) is 2.61. The van der Waals surface area contributed by atoms with E-state index in [1.807, 2.05) is 32.0 Å². The molecule has 0 aliphatic carbocycles. The van der Waals surface area contributed by atoms with E-state index in [4.69, 9.17) is 5.73 Å². The van der Waals surface area contributed by atoms with Crippen molar-refractivity contribution in [3.05, 3.63) is 35.1 Å².